The molecule has 2 nitrogen and oxygen atoms in total. The first-order valence-electron chi connectivity index (χ1n) is 6.50. The maximum atomic E-state index is 11.1. The van der Waals surface area contributed by atoms with Gasteiger partial charge in [0, 0.05) is 6.42 Å². The molecule has 2 aromatic carbocycles. The molecule has 0 N–H and O–H groups in total. The Morgan fingerprint density at radius 1 is 1.00 bits per heavy atom. The lowest BCUT2D eigenvalue weighted by atomic mass is 10.1. The molecule has 0 fully saturated rings. The molecule has 0 radical (unpaired) electrons. The lowest BCUT2D eigenvalue weighted by Gasteiger charge is -2.11. The summed E-state index contributed by atoms with van der Waals surface area (Å²) in [5.74, 6) is 1.07. The number of carbonyl (C=O) groups excluding carboxylic acids is 1. The number of ether oxygens (including phenoxy) is 1. The molecule has 0 aromatic heterocycles. The molecule has 98 valence electrons. The summed E-state index contributed by atoms with van der Waals surface area (Å²) in [6, 6.07) is 18.0. The Morgan fingerprint density at radius 2 is 1.68 bits per heavy atom. The number of hydrogen-bond acceptors (Lipinski definition) is 2. The summed E-state index contributed by atoms with van der Waals surface area (Å²) >= 11 is 0. The van der Waals surface area contributed by atoms with Crippen molar-refractivity contribution in [3.05, 3.63) is 65.7 Å². The van der Waals surface area contributed by atoms with Crippen LogP contribution >= 0.6 is 0 Å². The van der Waals surface area contributed by atoms with E-state index in [-0.39, 0.29) is 5.78 Å². The molecule has 0 aliphatic carbocycles. The number of benzene rings is 2. The van der Waals surface area contributed by atoms with Crippen LogP contribution in [0.5, 0.6) is 5.75 Å². The van der Waals surface area contributed by atoms with Crippen LogP contribution in [0.1, 0.15) is 24.5 Å². The highest BCUT2D eigenvalue weighted by Gasteiger charge is 2.04. The Hall–Kier alpha value is -2.09. The third-order valence-electron chi connectivity index (χ3n) is 2.96. The predicted molar refractivity (Wildman–Crippen MR) is 76.2 cm³/mol. The second kappa shape index (κ2) is 6.74. The first kappa shape index (κ1) is 13.3. The summed E-state index contributed by atoms with van der Waals surface area (Å²) in [5.41, 5.74) is 2.23. The zero-order chi connectivity index (χ0) is 13.5. The van der Waals surface area contributed by atoms with Crippen LogP contribution in [-0.2, 0) is 17.8 Å². The van der Waals surface area contributed by atoms with Crippen LogP contribution < -0.4 is 4.74 Å². The topological polar surface area (TPSA) is 26.3 Å². The molecule has 0 atom stereocenters. The van der Waals surface area contributed by atoms with Crippen molar-refractivity contribution < 1.29 is 9.53 Å². The maximum Gasteiger partial charge on any atom is 0.130 e. The van der Waals surface area contributed by atoms with Gasteiger partial charge in [0.1, 0.15) is 18.1 Å². The second-order valence-electron chi connectivity index (χ2n) is 4.58. The van der Waals surface area contributed by atoms with Crippen molar-refractivity contribution in [1.82, 2.24) is 0 Å². The smallest absolute Gasteiger partial charge is 0.130 e. The van der Waals surface area contributed by atoms with Gasteiger partial charge in [0.15, 0.2) is 0 Å². The van der Waals surface area contributed by atoms with E-state index in [9.17, 15) is 4.79 Å². The molecule has 2 heteroatoms. The quantitative estimate of drug-likeness (QED) is 0.784. The summed E-state index contributed by atoms with van der Waals surface area (Å²) in [7, 11) is 0. The van der Waals surface area contributed by atoms with Crippen LogP contribution in [0, 0.1) is 0 Å². The highest BCUT2D eigenvalue weighted by molar-refractivity contribution is 5.75. The lowest BCUT2D eigenvalue weighted by Crippen LogP contribution is -2.00. The van der Waals surface area contributed by atoms with E-state index in [1.54, 1.807) is 6.92 Å². The van der Waals surface area contributed by atoms with Gasteiger partial charge in [-0.2, -0.15) is 0 Å². The van der Waals surface area contributed by atoms with Crippen LogP contribution in [0.25, 0.3) is 0 Å². The van der Waals surface area contributed by atoms with E-state index in [1.165, 1.54) is 0 Å². The monoisotopic (exact) mass is 254 g/mol. The summed E-state index contributed by atoms with van der Waals surface area (Å²) < 4.78 is 5.84. The van der Waals surface area contributed by atoms with E-state index in [4.69, 9.17) is 4.74 Å². The van der Waals surface area contributed by atoms with E-state index >= 15 is 0 Å². The van der Waals surface area contributed by atoms with Crippen molar-refractivity contribution in [2.45, 2.75) is 26.4 Å². The van der Waals surface area contributed by atoms with Gasteiger partial charge in [-0.05, 0) is 30.5 Å². The van der Waals surface area contributed by atoms with E-state index in [0.29, 0.717) is 13.0 Å². The van der Waals surface area contributed by atoms with Crippen LogP contribution in [0.3, 0.4) is 0 Å². The molecule has 0 saturated carbocycles. The van der Waals surface area contributed by atoms with E-state index < -0.39 is 0 Å². The Labute approximate surface area is 114 Å². The normalized spacial score (nSPS) is 10.2. The summed E-state index contributed by atoms with van der Waals surface area (Å²) in [5, 5.41) is 0. The number of carbonyl (C=O) groups is 1. The number of Topliss-reactive ketones (excluding diaryl/α,β-unsaturated/α-hetero) is 1. The Morgan fingerprint density at radius 3 is 2.42 bits per heavy atom. The van der Waals surface area contributed by atoms with Gasteiger partial charge in [0.05, 0.1) is 0 Å². The number of aryl methyl sites for hydroxylation is 1. The van der Waals surface area contributed by atoms with Crippen molar-refractivity contribution in [2.75, 3.05) is 0 Å². The van der Waals surface area contributed by atoms with Crippen LogP contribution in [0.2, 0.25) is 0 Å². The van der Waals surface area contributed by atoms with E-state index in [1.807, 2.05) is 54.6 Å². The zero-order valence-corrected chi connectivity index (χ0v) is 11.1. The lowest BCUT2D eigenvalue weighted by molar-refractivity contribution is -0.116. The minimum Gasteiger partial charge on any atom is -0.489 e. The van der Waals surface area contributed by atoms with Gasteiger partial charge >= 0.3 is 0 Å². The SMILES string of the molecule is CC(=O)CCc1ccccc1OCc1ccccc1. The summed E-state index contributed by atoms with van der Waals surface area (Å²) in [6.45, 7) is 2.17. The third kappa shape index (κ3) is 4.25. The van der Waals surface area contributed by atoms with Gasteiger partial charge < -0.3 is 9.53 Å². The van der Waals surface area contributed by atoms with Crippen molar-refractivity contribution in [3.8, 4) is 5.75 Å². The maximum absolute atomic E-state index is 11.1. The number of ketones is 1. The molecule has 2 rings (SSSR count). The first-order valence-corrected chi connectivity index (χ1v) is 6.50. The molecule has 0 amide bonds. The van der Waals surface area contributed by atoms with Gasteiger partial charge in [0.2, 0.25) is 0 Å². The van der Waals surface area contributed by atoms with Crippen molar-refractivity contribution in [1.29, 1.82) is 0 Å². The molecular formula is C17H18O2. The largest absolute Gasteiger partial charge is 0.489 e. The molecule has 2 aromatic rings. The third-order valence-corrected chi connectivity index (χ3v) is 2.96. The molecule has 0 aliphatic rings. The molecule has 0 spiro atoms. The molecule has 0 aliphatic heterocycles. The average molecular weight is 254 g/mol. The molecule has 0 unspecified atom stereocenters. The standard InChI is InChI=1S/C17H18O2/c1-14(18)11-12-16-9-5-6-10-17(16)19-13-15-7-3-2-4-8-15/h2-10H,11-13H2,1H3. The fraction of sp³-hybridized carbons (Fsp3) is 0.235. The fourth-order valence-corrected chi connectivity index (χ4v) is 1.90. The number of rotatable bonds is 6. The Balaban J connectivity index is 2.01. The first-order chi connectivity index (χ1) is 9.25. The van der Waals surface area contributed by atoms with Crippen LogP contribution in [0.15, 0.2) is 54.6 Å². The van der Waals surface area contributed by atoms with Crippen LogP contribution in [-0.4, -0.2) is 5.78 Å². The molecule has 0 heterocycles. The van der Waals surface area contributed by atoms with Gasteiger partial charge in [-0.25, -0.2) is 0 Å². The van der Waals surface area contributed by atoms with Crippen LogP contribution in [0.4, 0.5) is 0 Å². The van der Waals surface area contributed by atoms with Gasteiger partial charge in [-0.15, -0.1) is 0 Å². The molecule has 0 bridgehead atoms. The van der Waals surface area contributed by atoms with Gasteiger partial charge in [-0.3, -0.25) is 0 Å². The number of para-hydroxylation sites is 1. The Bertz CT molecular complexity index is 532. The fourth-order valence-electron chi connectivity index (χ4n) is 1.90. The second-order valence-corrected chi connectivity index (χ2v) is 4.58. The van der Waals surface area contributed by atoms with E-state index in [0.717, 1.165) is 23.3 Å². The van der Waals surface area contributed by atoms with Crippen molar-refractivity contribution in [3.63, 3.8) is 0 Å². The van der Waals surface area contributed by atoms with Crippen molar-refractivity contribution >= 4 is 5.78 Å². The van der Waals surface area contributed by atoms with Gasteiger partial charge in [-0.1, -0.05) is 48.5 Å². The summed E-state index contributed by atoms with van der Waals surface area (Å²) in [6.07, 6.45) is 1.30. The average Bonchev–Trinajstić information content (AvgIpc) is 2.45. The number of hydrogen-bond donors (Lipinski definition) is 0. The Kier molecular flexibility index (Phi) is 4.73. The minimum absolute atomic E-state index is 0.206. The molecular weight excluding hydrogens is 236 g/mol. The molecule has 19 heavy (non-hydrogen) atoms. The highest BCUT2D eigenvalue weighted by Crippen LogP contribution is 2.20. The molecule has 0 saturated heterocycles. The summed E-state index contributed by atoms with van der Waals surface area (Å²) in [4.78, 5) is 11.1. The predicted octanol–water partition coefficient (Wildman–Crippen LogP) is 3.79. The minimum atomic E-state index is 0.206. The van der Waals surface area contributed by atoms with E-state index in [2.05, 4.69) is 0 Å². The van der Waals surface area contributed by atoms with Crippen molar-refractivity contribution in [2.24, 2.45) is 0 Å². The van der Waals surface area contributed by atoms with Gasteiger partial charge in [0.25, 0.3) is 0 Å². The zero-order valence-electron chi connectivity index (χ0n) is 11.1. The highest BCUT2D eigenvalue weighted by atomic mass is 16.5.